The van der Waals surface area contributed by atoms with Gasteiger partial charge in [0.25, 0.3) is 5.96 Å². The maximum absolute atomic E-state index is 12.7. The number of hydrogen-bond acceptors (Lipinski definition) is 7. The molecule has 1 aliphatic rings. The number of guanidine groups is 1. The lowest BCUT2D eigenvalue weighted by Crippen LogP contribution is -2.53. The molecule has 3 atom stereocenters. The van der Waals surface area contributed by atoms with Crippen LogP contribution in [0.3, 0.4) is 0 Å². The Hall–Kier alpha value is -1.69. The van der Waals surface area contributed by atoms with Gasteiger partial charge in [-0.25, -0.2) is 24.9 Å². The number of aliphatic imine (C=N–C) groups is 1. The molecule has 11 nitrogen and oxygen atoms in total. The highest BCUT2D eigenvalue weighted by molar-refractivity contribution is 5.85. The number of nitrogens with two attached hydrogens (primary N) is 2. The summed E-state index contributed by atoms with van der Waals surface area (Å²) in [6.07, 6.45) is 2.69. The van der Waals surface area contributed by atoms with Crippen molar-refractivity contribution in [3.8, 4) is 0 Å². The van der Waals surface area contributed by atoms with E-state index in [1.54, 1.807) is 10.3 Å². The summed E-state index contributed by atoms with van der Waals surface area (Å²) < 4.78 is 0. The number of likely N-dealkylation sites (tertiary alicyclic amines) is 1. The number of amides is 1. The standard InChI is InChI=1S/C15H30N6O5.ClH/c1-3-25-26-10-12-9-11(2)6-8-20(12)14(22)13(16)5-4-7-18-15(17)19-21(23)24;/h11-13H,3-10,16H2,1-2H3,(H3,17,18,19);1H/t11-,12+,13+;/m1./s1. The fourth-order valence-electron chi connectivity index (χ4n) is 2.89. The van der Waals surface area contributed by atoms with E-state index in [2.05, 4.69) is 11.9 Å². The normalized spacial score (nSPS) is 21.3. The number of halogens is 1. The van der Waals surface area contributed by atoms with Gasteiger partial charge in [0.05, 0.1) is 18.7 Å². The monoisotopic (exact) mass is 410 g/mol. The summed E-state index contributed by atoms with van der Waals surface area (Å²) in [7, 11) is 0. The molecular formula is C15H31ClN6O5. The van der Waals surface area contributed by atoms with Crippen molar-refractivity contribution in [1.29, 1.82) is 0 Å². The minimum atomic E-state index is -0.782. The topological polar surface area (TPSA) is 158 Å². The number of nitro groups is 1. The zero-order valence-electron chi connectivity index (χ0n) is 15.8. The molecule has 1 saturated heterocycles. The highest BCUT2D eigenvalue weighted by Gasteiger charge is 2.32. The van der Waals surface area contributed by atoms with Crippen LogP contribution in [-0.4, -0.2) is 60.2 Å². The Morgan fingerprint density at radius 3 is 2.81 bits per heavy atom. The van der Waals surface area contributed by atoms with Crippen molar-refractivity contribution in [3.63, 3.8) is 0 Å². The van der Waals surface area contributed by atoms with Gasteiger partial charge in [-0.2, -0.15) is 0 Å². The fourth-order valence-corrected chi connectivity index (χ4v) is 2.89. The summed E-state index contributed by atoms with van der Waals surface area (Å²) in [5.41, 5.74) is 13.1. The van der Waals surface area contributed by atoms with Crippen LogP contribution in [-0.2, 0) is 14.6 Å². The zero-order valence-corrected chi connectivity index (χ0v) is 16.7. The molecule has 0 bridgehead atoms. The second-order valence-electron chi connectivity index (χ2n) is 6.39. The highest BCUT2D eigenvalue weighted by atomic mass is 35.5. The van der Waals surface area contributed by atoms with Gasteiger partial charge in [0, 0.05) is 13.1 Å². The van der Waals surface area contributed by atoms with Crippen LogP contribution in [0, 0.1) is 16.0 Å². The summed E-state index contributed by atoms with van der Waals surface area (Å²) in [5.74, 6) is 0.118. The van der Waals surface area contributed by atoms with Gasteiger partial charge in [-0.05, 0) is 38.5 Å². The molecule has 1 amide bonds. The van der Waals surface area contributed by atoms with Gasteiger partial charge in [-0.3, -0.25) is 4.79 Å². The van der Waals surface area contributed by atoms with Gasteiger partial charge in [0.2, 0.25) is 5.91 Å². The van der Waals surface area contributed by atoms with Gasteiger partial charge in [0.1, 0.15) is 6.61 Å². The summed E-state index contributed by atoms with van der Waals surface area (Å²) in [4.78, 5) is 38.6. The van der Waals surface area contributed by atoms with Crippen molar-refractivity contribution >= 4 is 24.3 Å². The van der Waals surface area contributed by atoms with Crippen LogP contribution < -0.4 is 16.9 Å². The molecule has 0 aromatic carbocycles. The first-order valence-corrected chi connectivity index (χ1v) is 8.86. The Labute approximate surface area is 165 Å². The molecule has 1 heterocycles. The summed E-state index contributed by atoms with van der Waals surface area (Å²) in [6.45, 7) is 5.65. The van der Waals surface area contributed by atoms with Gasteiger partial charge in [-0.15, -0.1) is 12.4 Å². The van der Waals surface area contributed by atoms with E-state index in [-0.39, 0.29) is 36.9 Å². The van der Waals surface area contributed by atoms with Crippen LogP contribution in [0.4, 0.5) is 0 Å². The second kappa shape index (κ2) is 13.5. The maximum atomic E-state index is 12.7. The van der Waals surface area contributed by atoms with E-state index in [1.165, 1.54) is 0 Å². The molecule has 1 rings (SSSR count). The minimum Gasteiger partial charge on any atom is -0.365 e. The predicted octanol–water partition coefficient (Wildman–Crippen LogP) is 0.207. The molecule has 0 radical (unpaired) electrons. The number of carbonyl (C=O) groups excluding carboxylic acids is 1. The van der Waals surface area contributed by atoms with E-state index in [0.29, 0.717) is 38.5 Å². The molecular weight excluding hydrogens is 380 g/mol. The van der Waals surface area contributed by atoms with Gasteiger partial charge in [-0.1, -0.05) is 12.3 Å². The van der Waals surface area contributed by atoms with Crippen LogP contribution in [0.2, 0.25) is 0 Å². The Kier molecular flexibility index (Phi) is 12.6. The largest absolute Gasteiger partial charge is 0.365 e. The van der Waals surface area contributed by atoms with Crippen LogP contribution >= 0.6 is 12.4 Å². The van der Waals surface area contributed by atoms with Crippen molar-refractivity contribution in [3.05, 3.63) is 10.1 Å². The number of rotatable bonds is 10. The molecule has 0 spiro atoms. The average Bonchev–Trinajstić information content (AvgIpc) is 2.57. The maximum Gasteiger partial charge on any atom is 0.251 e. The van der Waals surface area contributed by atoms with E-state index in [4.69, 9.17) is 21.2 Å². The number of nitrogens with one attached hydrogen (secondary N) is 1. The van der Waals surface area contributed by atoms with Crippen LogP contribution in [0.5, 0.6) is 0 Å². The zero-order chi connectivity index (χ0) is 19.5. The lowest BCUT2D eigenvalue weighted by molar-refractivity contribution is -0.525. The van der Waals surface area contributed by atoms with Crippen molar-refractivity contribution in [2.45, 2.75) is 51.6 Å². The predicted molar refractivity (Wildman–Crippen MR) is 103 cm³/mol. The minimum absolute atomic E-state index is 0. The first-order chi connectivity index (χ1) is 12.3. The third-order valence-corrected chi connectivity index (χ3v) is 4.20. The number of piperidine rings is 1. The molecule has 0 aliphatic carbocycles. The molecule has 0 aromatic heterocycles. The average molecular weight is 411 g/mol. The van der Waals surface area contributed by atoms with Crippen LogP contribution in [0.15, 0.2) is 4.99 Å². The molecule has 1 fully saturated rings. The summed E-state index contributed by atoms with van der Waals surface area (Å²) in [5, 5.41) is 9.43. The first kappa shape index (κ1) is 25.3. The lowest BCUT2D eigenvalue weighted by atomic mass is 9.92. The molecule has 12 heteroatoms. The van der Waals surface area contributed by atoms with Crippen molar-refractivity contribution in [2.24, 2.45) is 22.4 Å². The van der Waals surface area contributed by atoms with Crippen molar-refractivity contribution in [2.75, 3.05) is 26.3 Å². The number of nitrogens with zero attached hydrogens (tertiary/aromatic N) is 3. The number of carbonyl (C=O) groups is 1. The summed E-state index contributed by atoms with van der Waals surface area (Å²) >= 11 is 0. The number of hydrogen-bond donors (Lipinski definition) is 3. The molecule has 27 heavy (non-hydrogen) atoms. The molecule has 0 saturated carbocycles. The third-order valence-electron chi connectivity index (χ3n) is 4.20. The molecule has 5 N–H and O–H groups in total. The first-order valence-electron chi connectivity index (χ1n) is 8.86. The Morgan fingerprint density at radius 2 is 2.19 bits per heavy atom. The fraction of sp³-hybridized carbons (Fsp3) is 0.867. The highest BCUT2D eigenvalue weighted by Crippen LogP contribution is 2.23. The van der Waals surface area contributed by atoms with Gasteiger partial charge < -0.3 is 16.4 Å². The lowest BCUT2D eigenvalue weighted by Gasteiger charge is -2.39. The van der Waals surface area contributed by atoms with Crippen LogP contribution in [0.25, 0.3) is 0 Å². The van der Waals surface area contributed by atoms with Gasteiger partial charge >= 0.3 is 0 Å². The smallest absolute Gasteiger partial charge is 0.251 e. The molecule has 158 valence electrons. The quantitative estimate of drug-likeness (QED) is 0.115. The molecule has 0 unspecified atom stereocenters. The Morgan fingerprint density at radius 1 is 1.48 bits per heavy atom. The van der Waals surface area contributed by atoms with E-state index in [0.717, 1.165) is 12.8 Å². The van der Waals surface area contributed by atoms with Crippen molar-refractivity contribution in [1.82, 2.24) is 10.3 Å². The summed E-state index contributed by atoms with van der Waals surface area (Å²) in [6, 6.07) is -0.709. The van der Waals surface area contributed by atoms with Crippen molar-refractivity contribution < 1.29 is 19.6 Å². The second-order valence-corrected chi connectivity index (χ2v) is 6.39. The SMILES string of the molecule is CCOOC[C@@H]1C[C@H](C)CCN1C(=O)[C@@H](N)CCCN=C(N)N[N+](=O)[O-].Cl. The third kappa shape index (κ3) is 9.70. The van der Waals surface area contributed by atoms with E-state index in [9.17, 15) is 14.9 Å². The molecule has 1 aliphatic heterocycles. The van der Waals surface area contributed by atoms with Crippen LogP contribution in [0.1, 0.15) is 39.5 Å². The molecule has 0 aromatic rings. The van der Waals surface area contributed by atoms with E-state index < -0.39 is 11.1 Å². The Bertz CT molecular complexity index is 495. The van der Waals surface area contributed by atoms with Gasteiger partial charge in [0.15, 0.2) is 5.03 Å². The van der Waals surface area contributed by atoms with E-state index >= 15 is 0 Å². The number of hydrazine groups is 1. The Balaban J connectivity index is 0.00000676. The van der Waals surface area contributed by atoms with E-state index in [1.807, 2.05) is 6.92 Å².